The molecule has 1 aromatic heterocycles. The third-order valence-corrected chi connectivity index (χ3v) is 5.13. The van der Waals surface area contributed by atoms with Crippen LogP contribution in [0.1, 0.15) is 40.9 Å². The summed E-state index contributed by atoms with van der Waals surface area (Å²) in [5.41, 5.74) is 5.32. The number of benzene rings is 1. The predicted molar refractivity (Wildman–Crippen MR) is 99.9 cm³/mol. The van der Waals surface area contributed by atoms with Crippen molar-refractivity contribution in [3.05, 3.63) is 62.0 Å². The predicted octanol–water partition coefficient (Wildman–Crippen LogP) is 0.849. The summed E-state index contributed by atoms with van der Waals surface area (Å²) in [5.74, 6) is -0.829. The molecule has 3 N–H and O–H groups in total. The number of hydrogen-bond acceptors (Lipinski definition) is 6. The zero-order valence-electron chi connectivity index (χ0n) is 15.2. The van der Waals surface area contributed by atoms with Gasteiger partial charge in [-0.15, -0.1) is 0 Å². The molecular weight excluding hydrogens is 367 g/mol. The van der Waals surface area contributed by atoms with E-state index in [1.165, 1.54) is 16.7 Å². The zero-order valence-corrected chi connectivity index (χ0v) is 15.2. The quantitative estimate of drug-likeness (QED) is 0.735. The summed E-state index contributed by atoms with van der Waals surface area (Å²) in [6.45, 7) is 1.33. The lowest BCUT2D eigenvalue weighted by molar-refractivity contribution is -0.0275. The topological polar surface area (TPSA) is 110 Å². The Bertz CT molecular complexity index is 1010. The normalized spacial score (nSPS) is 20.2. The number of morpholine rings is 1. The molecule has 148 valence electrons. The van der Waals surface area contributed by atoms with Gasteiger partial charge in [0.25, 0.3) is 5.56 Å². The van der Waals surface area contributed by atoms with Gasteiger partial charge in [0.2, 0.25) is 0 Å². The molecule has 1 aliphatic carbocycles. The first kappa shape index (κ1) is 18.6. The molecule has 0 radical (unpaired) electrons. The Morgan fingerprint density at radius 1 is 1.25 bits per heavy atom. The van der Waals surface area contributed by atoms with Crippen molar-refractivity contribution in [3.8, 4) is 0 Å². The molecule has 1 atom stereocenters. The lowest BCUT2D eigenvalue weighted by Gasteiger charge is -2.32. The number of aromatic nitrogens is 2. The molecule has 0 spiro atoms. The number of nitrogen functional groups attached to an aromatic ring is 1. The first-order valence-corrected chi connectivity index (χ1v) is 9.21. The fourth-order valence-electron chi connectivity index (χ4n) is 3.54. The molecule has 0 bridgehead atoms. The van der Waals surface area contributed by atoms with E-state index in [1.54, 1.807) is 12.1 Å². The second kappa shape index (κ2) is 7.33. The number of Topliss-reactive ketones (excluding diaryl/α,β-unsaturated/α-hetero) is 1. The highest BCUT2D eigenvalue weighted by atomic mass is 19.1. The number of ketones is 1. The van der Waals surface area contributed by atoms with Crippen molar-refractivity contribution in [2.45, 2.75) is 25.0 Å². The number of carbonyl (C=O) groups is 1. The minimum Gasteiger partial charge on any atom is -0.384 e. The van der Waals surface area contributed by atoms with Crippen LogP contribution in [0.15, 0.2) is 33.9 Å². The Kier molecular flexibility index (Phi) is 4.86. The molecule has 1 aromatic carbocycles. The van der Waals surface area contributed by atoms with Gasteiger partial charge in [-0.25, -0.2) is 9.18 Å². The van der Waals surface area contributed by atoms with Gasteiger partial charge < -0.3 is 10.5 Å². The van der Waals surface area contributed by atoms with Gasteiger partial charge in [-0.1, -0.05) is 12.1 Å². The maximum absolute atomic E-state index is 13.1. The monoisotopic (exact) mass is 388 g/mol. The van der Waals surface area contributed by atoms with Crippen LogP contribution in [0.2, 0.25) is 0 Å². The number of aromatic amines is 1. The Morgan fingerprint density at radius 3 is 2.64 bits per heavy atom. The standard InChI is InChI=1S/C19H21FN4O4/c20-12-3-1-11(2-4-12)15-10-23(7-8-28-15)9-14(25)16-17(21)24(13-5-6-13)19(27)22-18(16)26/h1-4,13,15H,5-10,21H2,(H,22,26,27)/t15-/m0/s1. The summed E-state index contributed by atoms with van der Waals surface area (Å²) in [4.78, 5) is 41.1. The molecule has 9 heteroatoms. The van der Waals surface area contributed by atoms with Gasteiger partial charge in [-0.05, 0) is 30.5 Å². The number of carbonyl (C=O) groups excluding carboxylic acids is 1. The van der Waals surface area contributed by atoms with Crippen LogP contribution < -0.4 is 17.0 Å². The SMILES string of the molecule is Nc1c(C(=O)CN2CCO[C@H](c3ccc(F)cc3)C2)c(=O)[nH]c(=O)n1C1CC1. The third kappa shape index (κ3) is 3.63. The third-order valence-electron chi connectivity index (χ3n) is 5.13. The van der Waals surface area contributed by atoms with Crippen LogP contribution in [0.25, 0.3) is 0 Å². The Morgan fingerprint density at radius 2 is 1.96 bits per heavy atom. The van der Waals surface area contributed by atoms with Crippen LogP contribution in [0.3, 0.4) is 0 Å². The average molecular weight is 388 g/mol. The van der Waals surface area contributed by atoms with E-state index >= 15 is 0 Å². The van der Waals surface area contributed by atoms with Gasteiger partial charge in [0.15, 0.2) is 5.78 Å². The Balaban J connectivity index is 1.52. The van der Waals surface area contributed by atoms with E-state index in [9.17, 15) is 18.8 Å². The van der Waals surface area contributed by atoms with Crippen molar-refractivity contribution in [1.82, 2.24) is 14.5 Å². The van der Waals surface area contributed by atoms with E-state index in [1.807, 2.05) is 4.90 Å². The number of H-pyrrole nitrogens is 1. The van der Waals surface area contributed by atoms with E-state index < -0.39 is 17.0 Å². The largest absolute Gasteiger partial charge is 0.384 e. The van der Waals surface area contributed by atoms with Gasteiger partial charge in [-0.2, -0.15) is 0 Å². The summed E-state index contributed by atoms with van der Waals surface area (Å²) in [7, 11) is 0. The highest BCUT2D eigenvalue weighted by Gasteiger charge is 2.31. The van der Waals surface area contributed by atoms with Gasteiger partial charge in [0.1, 0.15) is 17.2 Å². The molecular formula is C19H21FN4O4. The van der Waals surface area contributed by atoms with Crippen molar-refractivity contribution >= 4 is 11.6 Å². The van der Waals surface area contributed by atoms with Crippen LogP contribution in [0, 0.1) is 5.82 Å². The summed E-state index contributed by atoms with van der Waals surface area (Å²) in [5, 5.41) is 0. The fraction of sp³-hybridized carbons (Fsp3) is 0.421. The average Bonchev–Trinajstić information content (AvgIpc) is 3.47. The molecule has 4 rings (SSSR count). The highest BCUT2D eigenvalue weighted by Crippen LogP contribution is 2.35. The van der Waals surface area contributed by atoms with Crippen molar-refractivity contribution < 1.29 is 13.9 Å². The van der Waals surface area contributed by atoms with E-state index in [0.29, 0.717) is 19.7 Å². The Hall–Kier alpha value is -2.78. The number of hydrogen-bond donors (Lipinski definition) is 2. The minimum atomic E-state index is -0.757. The van der Waals surface area contributed by atoms with E-state index in [-0.39, 0.29) is 35.9 Å². The van der Waals surface area contributed by atoms with Crippen LogP contribution >= 0.6 is 0 Å². The molecule has 2 aromatic rings. The molecule has 0 amide bonds. The molecule has 2 aliphatic rings. The van der Waals surface area contributed by atoms with E-state index in [4.69, 9.17) is 10.5 Å². The van der Waals surface area contributed by atoms with Crippen LogP contribution in [-0.2, 0) is 4.74 Å². The van der Waals surface area contributed by atoms with E-state index in [0.717, 1.165) is 18.4 Å². The van der Waals surface area contributed by atoms with Crippen LogP contribution in [0.4, 0.5) is 10.2 Å². The molecule has 8 nitrogen and oxygen atoms in total. The first-order chi connectivity index (χ1) is 13.4. The summed E-state index contributed by atoms with van der Waals surface area (Å²) < 4.78 is 20.2. The molecule has 0 unspecified atom stereocenters. The highest BCUT2D eigenvalue weighted by molar-refractivity contribution is 6.01. The molecule has 1 saturated carbocycles. The van der Waals surface area contributed by atoms with Gasteiger partial charge in [0, 0.05) is 19.1 Å². The summed E-state index contributed by atoms with van der Waals surface area (Å²) in [6, 6.07) is 5.98. The number of anilines is 1. The van der Waals surface area contributed by atoms with Crippen molar-refractivity contribution in [1.29, 1.82) is 0 Å². The molecule has 2 heterocycles. The maximum atomic E-state index is 13.1. The molecule has 28 heavy (non-hydrogen) atoms. The summed E-state index contributed by atoms with van der Waals surface area (Å²) in [6.07, 6.45) is 1.30. The first-order valence-electron chi connectivity index (χ1n) is 9.21. The lowest BCUT2D eigenvalue weighted by Crippen LogP contribution is -2.43. The molecule has 2 fully saturated rings. The lowest BCUT2D eigenvalue weighted by atomic mass is 10.1. The second-order valence-electron chi connectivity index (χ2n) is 7.19. The van der Waals surface area contributed by atoms with Gasteiger partial charge >= 0.3 is 5.69 Å². The Labute approximate surface area is 159 Å². The summed E-state index contributed by atoms with van der Waals surface area (Å²) >= 11 is 0. The van der Waals surface area contributed by atoms with Crippen molar-refractivity contribution in [3.63, 3.8) is 0 Å². The number of ether oxygens (including phenoxy) is 1. The smallest absolute Gasteiger partial charge is 0.330 e. The van der Waals surface area contributed by atoms with Gasteiger partial charge in [0.05, 0.1) is 19.3 Å². The van der Waals surface area contributed by atoms with Crippen LogP contribution in [-0.4, -0.2) is 46.5 Å². The van der Waals surface area contributed by atoms with Gasteiger partial charge in [-0.3, -0.25) is 24.0 Å². The van der Waals surface area contributed by atoms with Crippen LogP contribution in [0.5, 0.6) is 0 Å². The zero-order chi connectivity index (χ0) is 19.8. The number of rotatable bonds is 5. The number of nitrogens with one attached hydrogen (secondary N) is 1. The van der Waals surface area contributed by atoms with E-state index in [2.05, 4.69) is 4.98 Å². The number of nitrogens with two attached hydrogens (primary N) is 1. The maximum Gasteiger partial charge on any atom is 0.330 e. The fourth-order valence-corrected chi connectivity index (χ4v) is 3.54. The number of halogens is 1. The number of nitrogens with zero attached hydrogens (tertiary/aromatic N) is 2. The molecule has 1 saturated heterocycles. The van der Waals surface area contributed by atoms with Crippen molar-refractivity contribution in [2.24, 2.45) is 0 Å². The minimum absolute atomic E-state index is 0.0167. The molecule has 1 aliphatic heterocycles. The second-order valence-corrected chi connectivity index (χ2v) is 7.19. The van der Waals surface area contributed by atoms with Crippen molar-refractivity contribution in [2.75, 3.05) is 32.0 Å².